The van der Waals surface area contributed by atoms with E-state index in [9.17, 15) is 4.79 Å². The Bertz CT molecular complexity index is 401. The summed E-state index contributed by atoms with van der Waals surface area (Å²) in [5.74, 6) is 5.41. The van der Waals surface area contributed by atoms with Crippen molar-refractivity contribution in [3.8, 4) is 11.8 Å². The first-order valence-corrected chi connectivity index (χ1v) is 6.00. The first-order chi connectivity index (χ1) is 8.79. The fourth-order valence-electron chi connectivity index (χ4n) is 1.30. The van der Waals surface area contributed by atoms with Crippen LogP contribution in [0.5, 0.6) is 0 Å². The SMILES string of the molecule is CC(=O)OCC#CCCCOCc1ccccc1. The first kappa shape index (κ1) is 14.3. The molecule has 0 saturated carbocycles. The molecule has 0 heterocycles. The van der Waals surface area contributed by atoms with Crippen LogP contribution in [-0.4, -0.2) is 19.2 Å². The van der Waals surface area contributed by atoms with Crippen molar-refractivity contribution in [3.05, 3.63) is 35.9 Å². The second-order valence-electron chi connectivity index (χ2n) is 3.78. The van der Waals surface area contributed by atoms with Gasteiger partial charge < -0.3 is 9.47 Å². The molecule has 0 unspecified atom stereocenters. The van der Waals surface area contributed by atoms with Crippen molar-refractivity contribution < 1.29 is 14.3 Å². The molecule has 0 N–H and O–H groups in total. The predicted octanol–water partition coefficient (Wildman–Crippen LogP) is 2.55. The normalized spacial score (nSPS) is 9.39. The van der Waals surface area contributed by atoms with Gasteiger partial charge in [0.2, 0.25) is 0 Å². The molecule has 0 radical (unpaired) electrons. The first-order valence-electron chi connectivity index (χ1n) is 6.00. The smallest absolute Gasteiger partial charge is 0.303 e. The van der Waals surface area contributed by atoms with Crippen LogP contribution in [0.25, 0.3) is 0 Å². The molecule has 18 heavy (non-hydrogen) atoms. The topological polar surface area (TPSA) is 35.5 Å². The molecule has 0 aliphatic carbocycles. The summed E-state index contributed by atoms with van der Waals surface area (Å²) in [6, 6.07) is 10.1. The maximum Gasteiger partial charge on any atom is 0.303 e. The summed E-state index contributed by atoms with van der Waals surface area (Å²) >= 11 is 0. The number of benzene rings is 1. The minimum atomic E-state index is -0.296. The highest BCUT2D eigenvalue weighted by Gasteiger charge is 1.91. The van der Waals surface area contributed by atoms with Gasteiger partial charge in [0.25, 0.3) is 0 Å². The van der Waals surface area contributed by atoms with Gasteiger partial charge in [-0.2, -0.15) is 0 Å². The molecule has 1 rings (SSSR count). The number of ether oxygens (including phenoxy) is 2. The highest BCUT2D eigenvalue weighted by molar-refractivity contribution is 5.66. The number of unbranched alkanes of at least 4 members (excludes halogenated alkanes) is 1. The maximum atomic E-state index is 10.4. The van der Waals surface area contributed by atoms with Crippen molar-refractivity contribution in [2.75, 3.05) is 13.2 Å². The van der Waals surface area contributed by atoms with Gasteiger partial charge in [-0.15, -0.1) is 0 Å². The average molecular weight is 246 g/mol. The van der Waals surface area contributed by atoms with Crippen LogP contribution in [0.2, 0.25) is 0 Å². The highest BCUT2D eigenvalue weighted by Crippen LogP contribution is 2.01. The molecule has 3 nitrogen and oxygen atoms in total. The molecule has 3 heteroatoms. The van der Waals surface area contributed by atoms with Crippen LogP contribution in [-0.2, 0) is 20.9 Å². The van der Waals surface area contributed by atoms with Crippen molar-refractivity contribution in [2.24, 2.45) is 0 Å². The van der Waals surface area contributed by atoms with Crippen molar-refractivity contribution in [1.29, 1.82) is 0 Å². The lowest BCUT2D eigenvalue weighted by atomic mass is 10.2. The summed E-state index contributed by atoms with van der Waals surface area (Å²) < 4.78 is 10.2. The molecular formula is C15H18O3. The zero-order valence-electron chi connectivity index (χ0n) is 10.6. The molecule has 0 bridgehead atoms. The standard InChI is InChI=1S/C15H18O3/c1-14(16)18-12-8-3-2-7-11-17-13-15-9-5-4-6-10-15/h4-6,9-10H,2,7,11-13H2,1H3. The van der Waals surface area contributed by atoms with E-state index in [4.69, 9.17) is 4.74 Å². The Labute approximate surface area is 108 Å². The largest absolute Gasteiger partial charge is 0.453 e. The van der Waals surface area contributed by atoms with Crippen molar-refractivity contribution in [2.45, 2.75) is 26.4 Å². The summed E-state index contributed by atoms with van der Waals surface area (Å²) in [5, 5.41) is 0. The zero-order chi connectivity index (χ0) is 13.1. The summed E-state index contributed by atoms with van der Waals surface area (Å²) in [7, 11) is 0. The van der Waals surface area contributed by atoms with E-state index in [1.54, 1.807) is 0 Å². The zero-order valence-corrected chi connectivity index (χ0v) is 10.6. The lowest BCUT2D eigenvalue weighted by molar-refractivity contribution is -0.139. The van der Waals surface area contributed by atoms with Crippen LogP contribution in [0.3, 0.4) is 0 Å². The van der Waals surface area contributed by atoms with Gasteiger partial charge in [-0.25, -0.2) is 0 Å². The number of carbonyl (C=O) groups excluding carboxylic acids is 1. The van der Waals surface area contributed by atoms with Gasteiger partial charge >= 0.3 is 5.97 Å². The third-order valence-corrected chi connectivity index (χ3v) is 2.17. The Hall–Kier alpha value is -1.79. The van der Waals surface area contributed by atoms with Gasteiger partial charge in [0, 0.05) is 20.0 Å². The van der Waals surface area contributed by atoms with E-state index in [1.807, 2.05) is 30.3 Å². The van der Waals surface area contributed by atoms with E-state index in [0.717, 1.165) is 12.8 Å². The van der Waals surface area contributed by atoms with Gasteiger partial charge in [0.05, 0.1) is 6.61 Å². The predicted molar refractivity (Wildman–Crippen MR) is 69.7 cm³/mol. The van der Waals surface area contributed by atoms with Crippen molar-refractivity contribution in [1.82, 2.24) is 0 Å². The minimum absolute atomic E-state index is 0.181. The molecule has 0 aliphatic rings. The van der Waals surface area contributed by atoms with Gasteiger partial charge in [0.1, 0.15) is 0 Å². The molecule has 96 valence electrons. The Kier molecular flexibility index (Phi) is 7.34. The summed E-state index contributed by atoms with van der Waals surface area (Å²) in [6.45, 7) is 2.89. The molecule has 0 aromatic heterocycles. The number of hydrogen-bond acceptors (Lipinski definition) is 3. The lowest BCUT2D eigenvalue weighted by Gasteiger charge is -2.02. The van der Waals surface area contributed by atoms with Crippen LogP contribution in [0.1, 0.15) is 25.3 Å². The van der Waals surface area contributed by atoms with Gasteiger partial charge in [0.15, 0.2) is 6.61 Å². The van der Waals surface area contributed by atoms with Crippen LogP contribution < -0.4 is 0 Å². The molecule has 1 aromatic carbocycles. The van der Waals surface area contributed by atoms with E-state index in [1.165, 1.54) is 12.5 Å². The van der Waals surface area contributed by atoms with Crippen LogP contribution in [0.15, 0.2) is 30.3 Å². The van der Waals surface area contributed by atoms with Crippen molar-refractivity contribution >= 4 is 5.97 Å². The average Bonchev–Trinajstić information content (AvgIpc) is 2.37. The number of hydrogen-bond donors (Lipinski definition) is 0. The van der Waals surface area contributed by atoms with E-state index in [0.29, 0.717) is 13.2 Å². The monoisotopic (exact) mass is 246 g/mol. The molecule has 0 amide bonds. The van der Waals surface area contributed by atoms with Gasteiger partial charge in [-0.05, 0) is 12.0 Å². The van der Waals surface area contributed by atoms with E-state index in [-0.39, 0.29) is 12.6 Å². The Balaban J connectivity index is 1.97. The number of esters is 1. The quantitative estimate of drug-likeness (QED) is 0.439. The van der Waals surface area contributed by atoms with Crippen LogP contribution in [0.4, 0.5) is 0 Å². The summed E-state index contributed by atoms with van der Waals surface area (Å²) in [6.07, 6.45) is 1.65. The minimum Gasteiger partial charge on any atom is -0.453 e. The fourth-order valence-corrected chi connectivity index (χ4v) is 1.30. The Morgan fingerprint density at radius 2 is 2.00 bits per heavy atom. The molecule has 0 aliphatic heterocycles. The Morgan fingerprint density at radius 3 is 2.72 bits per heavy atom. The molecule has 1 aromatic rings. The third kappa shape index (κ3) is 7.48. The molecule has 0 atom stereocenters. The molecular weight excluding hydrogens is 228 g/mol. The highest BCUT2D eigenvalue weighted by atomic mass is 16.5. The van der Waals surface area contributed by atoms with Gasteiger partial charge in [-0.1, -0.05) is 42.2 Å². The molecule has 0 spiro atoms. The molecule has 0 fully saturated rings. The Morgan fingerprint density at radius 1 is 1.22 bits per heavy atom. The maximum absolute atomic E-state index is 10.4. The van der Waals surface area contributed by atoms with E-state index in [2.05, 4.69) is 16.6 Å². The second kappa shape index (κ2) is 9.26. The van der Waals surface area contributed by atoms with Gasteiger partial charge in [-0.3, -0.25) is 4.79 Å². The second-order valence-corrected chi connectivity index (χ2v) is 3.78. The van der Waals surface area contributed by atoms with E-state index < -0.39 is 0 Å². The fraction of sp³-hybridized carbons (Fsp3) is 0.400. The third-order valence-electron chi connectivity index (χ3n) is 2.17. The van der Waals surface area contributed by atoms with Crippen LogP contribution >= 0.6 is 0 Å². The van der Waals surface area contributed by atoms with E-state index >= 15 is 0 Å². The lowest BCUT2D eigenvalue weighted by Crippen LogP contribution is -1.98. The summed E-state index contributed by atoms with van der Waals surface area (Å²) in [5.41, 5.74) is 1.18. The van der Waals surface area contributed by atoms with Crippen LogP contribution in [0, 0.1) is 11.8 Å². The number of carbonyl (C=O) groups is 1. The van der Waals surface area contributed by atoms with Crippen molar-refractivity contribution in [3.63, 3.8) is 0 Å². The summed E-state index contributed by atoms with van der Waals surface area (Å²) in [4.78, 5) is 10.4. The molecule has 0 saturated heterocycles. The number of rotatable bonds is 6.